The summed E-state index contributed by atoms with van der Waals surface area (Å²) in [6.45, 7) is 0. The van der Waals surface area contributed by atoms with Crippen molar-refractivity contribution in [1.82, 2.24) is 20.2 Å². The molecule has 0 aliphatic heterocycles. The summed E-state index contributed by atoms with van der Waals surface area (Å²) in [5.74, 6) is 0.447. The predicted octanol–water partition coefficient (Wildman–Crippen LogP) is 3.34. The molecule has 0 amide bonds. The molecule has 20 heavy (non-hydrogen) atoms. The first-order chi connectivity index (χ1) is 9.74. The number of aromatic amines is 2. The van der Waals surface area contributed by atoms with E-state index in [4.69, 9.17) is 17.3 Å². The third kappa shape index (κ3) is 1.50. The zero-order chi connectivity index (χ0) is 13.7. The van der Waals surface area contributed by atoms with E-state index in [1.807, 2.05) is 30.5 Å². The molecule has 0 spiro atoms. The van der Waals surface area contributed by atoms with Gasteiger partial charge in [-0.2, -0.15) is 5.10 Å². The molecule has 3 heterocycles. The van der Waals surface area contributed by atoms with Gasteiger partial charge in [0.25, 0.3) is 0 Å². The van der Waals surface area contributed by atoms with Gasteiger partial charge >= 0.3 is 0 Å². The van der Waals surface area contributed by atoms with Crippen molar-refractivity contribution in [3.63, 3.8) is 0 Å². The highest BCUT2D eigenvalue weighted by molar-refractivity contribution is 6.35. The zero-order valence-corrected chi connectivity index (χ0v) is 11.1. The fourth-order valence-corrected chi connectivity index (χ4v) is 2.73. The molecule has 0 radical (unpaired) electrons. The maximum absolute atomic E-state index is 6.30. The molecule has 5 nitrogen and oxygen atoms in total. The Bertz CT molecular complexity index is 937. The lowest BCUT2D eigenvalue weighted by atomic mass is 10.0. The number of anilines is 1. The van der Waals surface area contributed by atoms with Crippen molar-refractivity contribution in [2.24, 2.45) is 0 Å². The van der Waals surface area contributed by atoms with Crippen molar-refractivity contribution in [2.45, 2.75) is 0 Å². The Labute approximate surface area is 118 Å². The molecule has 0 saturated carbocycles. The van der Waals surface area contributed by atoms with Crippen LogP contribution in [0.1, 0.15) is 0 Å². The van der Waals surface area contributed by atoms with Gasteiger partial charge < -0.3 is 10.7 Å². The monoisotopic (exact) mass is 283 g/mol. The fourth-order valence-electron chi connectivity index (χ4n) is 2.47. The number of aromatic nitrogens is 4. The smallest absolute Gasteiger partial charge is 0.153 e. The average Bonchev–Trinajstić information content (AvgIpc) is 3.06. The van der Waals surface area contributed by atoms with Crippen LogP contribution in [-0.4, -0.2) is 20.2 Å². The first kappa shape index (κ1) is 11.3. The van der Waals surface area contributed by atoms with E-state index < -0.39 is 0 Å². The first-order valence-electron chi connectivity index (χ1n) is 6.09. The Morgan fingerprint density at radius 2 is 2.05 bits per heavy atom. The van der Waals surface area contributed by atoms with Crippen LogP contribution in [0.15, 0.2) is 36.7 Å². The van der Waals surface area contributed by atoms with Gasteiger partial charge in [0.2, 0.25) is 0 Å². The number of nitrogens with one attached hydrogen (secondary N) is 2. The van der Waals surface area contributed by atoms with Gasteiger partial charge in [0, 0.05) is 23.2 Å². The Hall–Kier alpha value is -2.53. The largest absolute Gasteiger partial charge is 0.382 e. The second-order valence-corrected chi connectivity index (χ2v) is 5.00. The number of nitrogens with zero attached hydrogens (tertiary/aromatic N) is 2. The molecule has 4 aromatic rings. The lowest BCUT2D eigenvalue weighted by Gasteiger charge is -2.05. The van der Waals surface area contributed by atoms with Crippen molar-refractivity contribution in [1.29, 1.82) is 0 Å². The number of H-pyrrole nitrogens is 2. The third-order valence-electron chi connectivity index (χ3n) is 3.43. The van der Waals surface area contributed by atoms with Crippen molar-refractivity contribution in [3.05, 3.63) is 41.7 Å². The van der Waals surface area contributed by atoms with E-state index in [1.54, 1.807) is 6.20 Å². The molecular formula is C14H10ClN5. The highest BCUT2D eigenvalue weighted by Gasteiger charge is 2.11. The van der Waals surface area contributed by atoms with Crippen LogP contribution in [0.4, 0.5) is 5.82 Å². The van der Waals surface area contributed by atoms with Gasteiger partial charge in [0.1, 0.15) is 5.65 Å². The van der Waals surface area contributed by atoms with Crippen molar-refractivity contribution >= 4 is 39.4 Å². The summed E-state index contributed by atoms with van der Waals surface area (Å²) in [4.78, 5) is 7.39. The second-order valence-electron chi connectivity index (χ2n) is 4.59. The normalized spacial score (nSPS) is 11.4. The zero-order valence-electron chi connectivity index (χ0n) is 10.3. The Morgan fingerprint density at radius 1 is 1.15 bits per heavy atom. The molecule has 0 aliphatic carbocycles. The molecule has 1 aromatic carbocycles. The molecule has 4 N–H and O–H groups in total. The summed E-state index contributed by atoms with van der Waals surface area (Å²) in [5.41, 5.74) is 9.51. The number of fused-ring (bicyclic) bond motifs is 2. The number of halogens is 1. The maximum Gasteiger partial charge on any atom is 0.153 e. The molecule has 0 unspecified atom stereocenters. The minimum Gasteiger partial charge on any atom is -0.382 e. The summed E-state index contributed by atoms with van der Waals surface area (Å²) in [6.07, 6.45) is 3.64. The number of pyridine rings is 1. The van der Waals surface area contributed by atoms with Crippen LogP contribution >= 0.6 is 11.6 Å². The van der Waals surface area contributed by atoms with Crippen LogP contribution in [0, 0.1) is 0 Å². The number of rotatable bonds is 1. The lowest BCUT2D eigenvalue weighted by molar-refractivity contribution is 1.13. The number of nitrogens with two attached hydrogens (primary N) is 1. The first-order valence-corrected chi connectivity index (χ1v) is 6.47. The van der Waals surface area contributed by atoms with Gasteiger partial charge in [0.05, 0.1) is 10.5 Å². The van der Waals surface area contributed by atoms with Crippen LogP contribution in [0.3, 0.4) is 0 Å². The van der Waals surface area contributed by atoms with Gasteiger partial charge in [-0.05, 0) is 35.4 Å². The Balaban J connectivity index is 2.07. The van der Waals surface area contributed by atoms with E-state index in [2.05, 4.69) is 20.2 Å². The molecular weight excluding hydrogens is 274 g/mol. The molecule has 0 bridgehead atoms. The van der Waals surface area contributed by atoms with E-state index >= 15 is 0 Å². The summed E-state index contributed by atoms with van der Waals surface area (Å²) in [7, 11) is 0. The molecule has 0 atom stereocenters. The van der Waals surface area contributed by atoms with Crippen molar-refractivity contribution < 1.29 is 0 Å². The number of hydrogen-bond acceptors (Lipinski definition) is 3. The fraction of sp³-hybridized carbons (Fsp3) is 0. The van der Waals surface area contributed by atoms with E-state index in [9.17, 15) is 0 Å². The molecule has 3 aromatic heterocycles. The predicted molar refractivity (Wildman–Crippen MR) is 80.6 cm³/mol. The topological polar surface area (TPSA) is 83.4 Å². The van der Waals surface area contributed by atoms with Gasteiger partial charge in [-0.3, -0.25) is 5.10 Å². The molecule has 98 valence electrons. The summed E-state index contributed by atoms with van der Waals surface area (Å²) in [5, 5.41) is 9.31. The molecule has 4 rings (SSSR count). The molecule has 0 fully saturated rings. The minimum atomic E-state index is 0.447. The highest BCUT2D eigenvalue weighted by atomic mass is 35.5. The van der Waals surface area contributed by atoms with E-state index in [0.29, 0.717) is 10.8 Å². The van der Waals surface area contributed by atoms with E-state index in [0.717, 1.165) is 33.1 Å². The number of hydrogen-bond donors (Lipinski definition) is 3. The number of benzene rings is 1. The van der Waals surface area contributed by atoms with Gasteiger partial charge in [-0.1, -0.05) is 11.6 Å². The van der Waals surface area contributed by atoms with Crippen LogP contribution in [0.2, 0.25) is 5.02 Å². The molecule has 0 saturated heterocycles. The van der Waals surface area contributed by atoms with Crippen LogP contribution in [0.25, 0.3) is 33.1 Å². The third-order valence-corrected chi connectivity index (χ3v) is 3.72. The Kier molecular flexibility index (Phi) is 2.25. The SMILES string of the molecule is Nc1n[nH]c2c(Cl)cc(-c3ccnc4[nH]ccc34)cc12. The number of nitrogen functional groups attached to an aromatic ring is 1. The molecule has 6 heteroatoms. The van der Waals surface area contributed by atoms with Crippen LogP contribution < -0.4 is 5.73 Å². The average molecular weight is 284 g/mol. The standard InChI is InChI=1S/C14H10ClN5/c15-11-6-7(5-10-12(11)19-20-13(10)16)8-1-3-17-14-9(8)2-4-18-14/h1-6H,(H,17,18)(H3,16,19,20). The van der Waals surface area contributed by atoms with Crippen LogP contribution in [0.5, 0.6) is 0 Å². The van der Waals surface area contributed by atoms with Gasteiger partial charge in [-0.25, -0.2) is 4.98 Å². The van der Waals surface area contributed by atoms with Gasteiger partial charge in [0.15, 0.2) is 5.82 Å². The second kappa shape index (κ2) is 3.98. The van der Waals surface area contributed by atoms with Gasteiger partial charge in [-0.15, -0.1) is 0 Å². The Morgan fingerprint density at radius 3 is 2.95 bits per heavy atom. The maximum atomic E-state index is 6.30. The van der Waals surface area contributed by atoms with Crippen molar-refractivity contribution in [2.75, 3.05) is 5.73 Å². The van der Waals surface area contributed by atoms with E-state index in [-0.39, 0.29) is 0 Å². The lowest BCUT2D eigenvalue weighted by Crippen LogP contribution is -1.86. The summed E-state index contributed by atoms with van der Waals surface area (Å²) < 4.78 is 0. The highest BCUT2D eigenvalue weighted by Crippen LogP contribution is 2.34. The molecule has 0 aliphatic rings. The van der Waals surface area contributed by atoms with E-state index in [1.165, 1.54) is 0 Å². The quantitative estimate of drug-likeness (QED) is 0.501. The van der Waals surface area contributed by atoms with Crippen molar-refractivity contribution in [3.8, 4) is 11.1 Å². The van der Waals surface area contributed by atoms with Crippen LogP contribution in [-0.2, 0) is 0 Å². The minimum absolute atomic E-state index is 0.447. The summed E-state index contributed by atoms with van der Waals surface area (Å²) >= 11 is 6.30. The summed E-state index contributed by atoms with van der Waals surface area (Å²) in [6, 6.07) is 7.85.